The lowest BCUT2D eigenvalue weighted by molar-refractivity contribution is -0.123. The molecule has 2 fully saturated rings. The Kier molecular flexibility index (Phi) is 9.62. The van der Waals surface area contributed by atoms with E-state index in [9.17, 15) is 4.79 Å². The zero-order valence-corrected chi connectivity index (χ0v) is 19.1. The van der Waals surface area contributed by atoms with E-state index >= 15 is 0 Å². The van der Waals surface area contributed by atoms with Gasteiger partial charge in [-0.15, -0.1) is 0 Å². The summed E-state index contributed by atoms with van der Waals surface area (Å²) in [5.41, 5.74) is 6.81. The first kappa shape index (κ1) is 23.5. The van der Waals surface area contributed by atoms with Gasteiger partial charge in [-0.25, -0.2) is 0 Å². The number of carbonyl (C=O) groups excluding carboxylic acids is 1. The van der Waals surface area contributed by atoms with Gasteiger partial charge in [0.25, 0.3) is 0 Å². The van der Waals surface area contributed by atoms with Gasteiger partial charge in [-0.05, 0) is 57.8 Å². The number of nitrogens with zero attached hydrogens (tertiary/aromatic N) is 4. The monoisotopic (exact) mass is 428 g/mol. The maximum atomic E-state index is 11.3. The second-order valence-electron chi connectivity index (χ2n) is 8.71. The van der Waals surface area contributed by atoms with Crippen molar-refractivity contribution in [2.45, 2.75) is 39.2 Å². The number of piperazine rings is 1. The van der Waals surface area contributed by atoms with E-state index in [-0.39, 0.29) is 11.8 Å². The minimum absolute atomic E-state index is 0.0803. The molecule has 2 aliphatic heterocycles. The number of benzene rings is 1. The number of carbonyl (C=O) groups is 1. The zero-order chi connectivity index (χ0) is 21.9. The van der Waals surface area contributed by atoms with Crippen LogP contribution in [-0.4, -0.2) is 85.5 Å². The Balaban J connectivity index is 1.35. The number of hydrogen-bond acceptors (Lipinski definition) is 4. The summed E-state index contributed by atoms with van der Waals surface area (Å²) in [7, 11) is 0. The van der Waals surface area contributed by atoms with E-state index in [1.54, 1.807) is 0 Å². The van der Waals surface area contributed by atoms with Crippen LogP contribution in [0.1, 0.15) is 38.2 Å². The van der Waals surface area contributed by atoms with Crippen LogP contribution in [0.3, 0.4) is 0 Å². The SMILES string of the molecule is CCNC(=NCCCCN1CCC(C(N)=O)CC1)N1CCN(Cc2ccccc2)CC1. The lowest BCUT2D eigenvalue weighted by atomic mass is 9.96. The van der Waals surface area contributed by atoms with Gasteiger partial charge in [-0.3, -0.25) is 14.7 Å². The van der Waals surface area contributed by atoms with Crippen molar-refractivity contribution in [3.8, 4) is 0 Å². The van der Waals surface area contributed by atoms with Gasteiger partial charge in [-0.1, -0.05) is 30.3 Å². The Bertz CT molecular complexity index is 679. The molecule has 0 bridgehead atoms. The van der Waals surface area contributed by atoms with Crippen molar-refractivity contribution in [3.63, 3.8) is 0 Å². The Morgan fingerprint density at radius 2 is 1.74 bits per heavy atom. The zero-order valence-electron chi connectivity index (χ0n) is 19.1. The molecule has 7 nitrogen and oxygen atoms in total. The molecule has 0 atom stereocenters. The lowest BCUT2D eigenvalue weighted by Gasteiger charge is -2.36. The third kappa shape index (κ3) is 7.82. The molecule has 1 amide bonds. The Morgan fingerprint density at radius 1 is 1.03 bits per heavy atom. The molecular formula is C24H40N6O. The third-order valence-corrected chi connectivity index (χ3v) is 6.39. The van der Waals surface area contributed by atoms with Gasteiger partial charge in [0.1, 0.15) is 0 Å². The van der Waals surface area contributed by atoms with Crippen LogP contribution in [0.15, 0.2) is 35.3 Å². The van der Waals surface area contributed by atoms with E-state index in [4.69, 9.17) is 10.7 Å². The summed E-state index contributed by atoms with van der Waals surface area (Å²) in [6, 6.07) is 10.7. The molecule has 7 heteroatoms. The number of nitrogens with one attached hydrogen (secondary N) is 1. The molecule has 2 aliphatic rings. The van der Waals surface area contributed by atoms with Gasteiger partial charge in [0, 0.05) is 51.7 Å². The highest BCUT2D eigenvalue weighted by molar-refractivity contribution is 5.80. The second-order valence-corrected chi connectivity index (χ2v) is 8.71. The average molecular weight is 429 g/mol. The molecule has 2 saturated heterocycles. The summed E-state index contributed by atoms with van der Waals surface area (Å²) < 4.78 is 0. The van der Waals surface area contributed by atoms with E-state index in [0.717, 1.165) is 97.1 Å². The van der Waals surface area contributed by atoms with Gasteiger partial charge in [0.15, 0.2) is 5.96 Å². The highest BCUT2D eigenvalue weighted by Gasteiger charge is 2.22. The second kappa shape index (κ2) is 12.7. The van der Waals surface area contributed by atoms with E-state index < -0.39 is 0 Å². The molecule has 172 valence electrons. The number of guanidine groups is 1. The molecular weight excluding hydrogens is 388 g/mol. The molecule has 3 N–H and O–H groups in total. The summed E-state index contributed by atoms with van der Waals surface area (Å²) in [4.78, 5) is 23.6. The molecule has 1 aromatic carbocycles. The Morgan fingerprint density at radius 3 is 2.39 bits per heavy atom. The lowest BCUT2D eigenvalue weighted by Crippen LogP contribution is -2.52. The Labute approximate surface area is 187 Å². The standard InChI is InChI=1S/C24H40N6O/c1-2-26-24(27-12-6-7-13-28-14-10-22(11-15-28)23(25)31)30-18-16-29(17-19-30)20-21-8-4-3-5-9-21/h3-5,8-9,22H,2,6-7,10-20H2,1H3,(H2,25,31)(H,26,27). The van der Waals surface area contributed by atoms with Crippen molar-refractivity contribution in [1.82, 2.24) is 20.0 Å². The largest absolute Gasteiger partial charge is 0.369 e. The van der Waals surface area contributed by atoms with Crippen molar-refractivity contribution < 1.29 is 4.79 Å². The van der Waals surface area contributed by atoms with E-state index in [1.807, 2.05) is 0 Å². The highest BCUT2D eigenvalue weighted by atomic mass is 16.1. The average Bonchev–Trinajstić information content (AvgIpc) is 2.80. The van der Waals surface area contributed by atoms with Crippen LogP contribution in [0.4, 0.5) is 0 Å². The number of hydrogen-bond donors (Lipinski definition) is 2. The van der Waals surface area contributed by atoms with Crippen LogP contribution in [0.25, 0.3) is 0 Å². The van der Waals surface area contributed by atoms with Crippen molar-refractivity contribution in [2.24, 2.45) is 16.6 Å². The first-order chi connectivity index (χ1) is 15.2. The number of primary amides is 1. The minimum Gasteiger partial charge on any atom is -0.369 e. The summed E-state index contributed by atoms with van der Waals surface area (Å²) >= 11 is 0. The van der Waals surface area contributed by atoms with Gasteiger partial charge in [-0.2, -0.15) is 0 Å². The van der Waals surface area contributed by atoms with Gasteiger partial charge in [0.05, 0.1) is 0 Å². The summed E-state index contributed by atoms with van der Waals surface area (Å²) in [5.74, 6) is 1.01. The van der Waals surface area contributed by atoms with Crippen LogP contribution in [0, 0.1) is 5.92 Å². The van der Waals surface area contributed by atoms with Crippen LogP contribution >= 0.6 is 0 Å². The van der Waals surface area contributed by atoms with E-state index in [2.05, 4.69) is 57.3 Å². The smallest absolute Gasteiger partial charge is 0.220 e. The molecule has 0 spiro atoms. The predicted molar refractivity (Wildman–Crippen MR) is 127 cm³/mol. The maximum Gasteiger partial charge on any atom is 0.220 e. The van der Waals surface area contributed by atoms with E-state index in [0.29, 0.717) is 0 Å². The first-order valence-electron chi connectivity index (χ1n) is 12.0. The highest BCUT2D eigenvalue weighted by Crippen LogP contribution is 2.17. The maximum absolute atomic E-state index is 11.3. The minimum atomic E-state index is -0.133. The number of likely N-dealkylation sites (tertiary alicyclic amines) is 1. The van der Waals surface area contributed by atoms with Crippen molar-refractivity contribution >= 4 is 11.9 Å². The van der Waals surface area contributed by atoms with Crippen molar-refractivity contribution in [3.05, 3.63) is 35.9 Å². The van der Waals surface area contributed by atoms with Crippen LogP contribution in [-0.2, 0) is 11.3 Å². The summed E-state index contributed by atoms with van der Waals surface area (Å²) in [6.07, 6.45) is 4.07. The first-order valence-corrected chi connectivity index (χ1v) is 12.0. The molecule has 31 heavy (non-hydrogen) atoms. The van der Waals surface area contributed by atoms with Crippen LogP contribution in [0.5, 0.6) is 0 Å². The van der Waals surface area contributed by atoms with Crippen LogP contribution in [0.2, 0.25) is 0 Å². The number of piperidine rings is 1. The molecule has 0 unspecified atom stereocenters. The van der Waals surface area contributed by atoms with Crippen molar-refractivity contribution in [1.29, 1.82) is 0 Å². The number of rotatable bonds is 9. The fraction of sp³-hybridized carbons (Fsp3) is 0.667. The number of unbranched alkanes of at least 4 members (excludes halogenated alkanes) is 1. The summed E-state index contributed by atoms with van der Waals surface area (Å²) in [6.45, 7) is 12.2. The molecule has 3 rings (SSSR count). The molecule has 0 saturated carbocycles. The molecule has 0 radical (unpaired) electrons. The fourth-order valence-electron chi connectivity index (χ4n) is 4.46. The van der Waals surface area contributed by atoms with E-state index in [1.165, 1.54) is 5.56 Å². The topological polar surface area (TPSA) is 77.2 Å². The van der Waals surface area contributed by atoms with Gasteiger partial charge >= 0.3 is 0 Å². The Hall–Kier alpha value is -2.12. The number of nitrogens with two attached hydrogens (primary N) is 1. The quantitative estimate of drug-likeness (QED) is 0.356. The van der Waals surface area contributed by atoms with Crippen LogP contribution < -0.4 is 11.1 Å². The molecule has 1 aromatic rings. The van der Waals surface area contributed by atoms with Gasteiger partial charge < -0.3 is 20.9 Å². The third-order valence-electron chi connectivity index (χ3n) is 6.39. The fourth-order valence-corrected chi connectivity index (χ4v) is 4.46. The molecule has 0 aromatic heterocycles. The van der Waals surface area contributed by atoms with Crippen molar-refractivity contribution in [2.75, 3.05) is 58.9 Å². The summed E-state index contributed by atoms with van der Waals surface area (Å²) in [5, 5.41) is 3.48. The molecule has 0 aliphatic carbocycles. The number of aliphatic imine (C=N–C) groups is 1. The number of amides is 1. The normalized spacial score (nSPS) is 19.5. The predicted octanol–water partition coefficient (Wildman–Crippen LogP) is 1.75. The van der Waals surface area contributed by atoms with Gasteiger partial charge in [0.2, 0.25) is 5.91 Å². The molecule has 2 heterocycles.